The van der Waals surface area contributed by atoms with Crippen molar-refractivity contribution in [2.45, 2.75) is 52.1 Å². The first kappa shape index (κ1) is 12.7. The summed E-state index contributed by atoms with van der Waals surface area (Å²) < 4.78 is 5.81. The summed E-state index contributed by atoms with van der Waals surface area (Å²) in [7, 11) is 0. The molecule has 2 nitrogen and oxygen atoms in total. The molecule has 2 atom stereocenters. The molecule has 0 aromatic rings. The fraction of sp³-hybridized carbons (Fsp3) is 0.846. The van der Waals surface area contributed by atoms with Crippen molar-refractivity contribution in [2.75, 3.05) is 13.2 Å². The van der Waals surface area contributed by atoms with Crippen molar-refractivity contribution in [3.63, 3.8) is 0 Å². The van der Waals surface area contributed by atoms with Crippen LogP contribution in [-0.4, -0.2) is 19.3 Å². The summed E-state index contributed by atoms with van der Waals surface area (Å²) in [5.74, 6) is 0.856. The van der Waals surface area contributed by atoms with E-state index in [-0.39, 0.29) is 6.10 Å². The van der Waals surface area contributed by atoms with E-state index in [0.717, 1.165) is 25.4 Å². The molecule has 2 heteroatoms. The molecule has 0 aromatic carbocycles. The fourth-order valence-electron chi connectivity index (χ4n) is 1.97. The number of hydrogen-bond donors (Lipinski definition) is 1. The van der Waals surface area contributed by atoms with E-state index in [1.54, 1.807) is 0 Å². The molecule has 0 saturated carbocycles. The smallest absolute Gasteiger partial charge is 0.0701 e. The Morgan fingerprint density at radius 3 is 2.93 bits per heavy atom. The Hall–Kier alpha value is -0.340. The SMILES string of the molecule is CCCC(CN)OCC1=CC[C@@H](C)CC1. The van der Waals surface area contributed by atoms with E-state index >= 15 is 0 Å². The van der Waals surface area contributed by atoms with Crippen LogP contribution in [0.4, 0.5) is 0 Å². The number of rotatable bonds is 6. The molecule has 1 rings (SSSR count). The predicted octanol–water partition coefficient (Wildman–Crippen LogP) is 2.88. The van der Waals surface area contributed by atoms with Crippen LogP contribution >= 0.6 is 0 Å². The Balaban J connectivity index is 2.23. The van der Waals surface area contributed by atoms with Gasteiger partial charge in [-0.05, 0) is 37.2 Å². The largest absolute Gasteiger partial charge is 0.373 e. The third-order valence-electron chi connectivity index (χ3n) is 3.15. The average Bonchev–Trinajstić information content (AvgIpc) is 2.26. The lowest BCUT2D eigenvalue weighted by atomic mass is 9.91. The van der Waals surface area contributed by atoms with Crippen LogP contribution in [0.2, 0.25) is 0 Å². The summed E-state index contributed by atoms with van der Waals surface area (Å²) in [5.41, 5.74) is 7.13. The van der Waals surface area contributed by atoms with Gasteiger partial charge in [0.1, 0.15) is 0 Å². The van der Waals surface area contributed by atoms with Crippen molar-refractivity contribution in [2.24, 2.45) is 11.7 Å². The third-order valence-corrected chi connectivity index (χ3v) is 3.15. The molecule has 0 spiro atoms. The summed E-state index contributed by atoms with van der Waals surface area (Å²) >= 11 is 0. The molecule has 0 fully saturated rings. The second-order valence-corrected chi connectivity index (χ2v) is 4.70. The van der Waals surface area contributed by atoms with Crippen LogP contribution in [0.15, 0.2) is 11.6 Å². The molecule has 1 aliphatic rings. The van der Waals surface area contributed by atoms with E-state index < -0.39 is 0 Å². The van der Waals surface area contributed by atoms with Crippen LogP contribution < -0.4 is 5.73 Å². The normalized spacial score (nSPS) is 23.7. The highest BCUT2D eigenvalue weighted by Crippen LogP contribution is 2.23. The van der Waals surface area contributed by atoms with E-state index in [1.165, 1.54) is 24.8 Å². The Morgan fingerprint density at radius 2 is 2.40 bits per heavy atom. The lowest BCUT2D eigenvalue weighted by Crippen LogP contribution is -2.24. The molecule has 0 radical (unpaired) electrons. The zero-order valence-electron chi connectivity index (χ0n) is 10.2. The lowest BCUT2D eigenvalue weighted by Gasteiger charge is -2.21. The maximum absolute atomic E-state index is 5.81. The Labute approximate surface area is 93.9 Å². The van der Waals surface area contributed by atoms with E-state index in [0.29, 0.717) is 6.54 Å². The van der Waals surface area contributed by atoms with Crippen LogP contribution in [0.3, 0.4) is 0 Å². The molecule has 1 unspecified atom stereocenters. The molecular formula is C13H25NO. The second-order valence-electron chi connectivity index (χ2n) is 4.70. The van der Waals surface area contributed by atoms with Crippen molar-refractivity contribution in [1.82, 2.24) is 0 Å². The number of ether oxygens (including phenoxy) is 1. The van der Waals surface area contributed by atoms with Gasteiger partial charge in [-0.25, -0.2) is 0 Å². The predicted molar refractivity (Wildman–Crippen MR) is 64.8 cm³/mol. The topological polar surface area (TPSA) is 35.2 Å². The van der Waals surface area contributed by atoms with E-state index in [1.807, 2.05) is 0 Å². The van der Waals surface area contributed by atoms with Crippen molar-refractivity contribution in [1.29, 1.82) is 0 Å². The van der Waals surface area contributed by atoms with Gasteiger partial charge in [-0.2, -0.15) is 0 Å². The molecule has 0 saturated heterocycles. The van der Waals surface area contributed by atoms with Crippen LogP contribution in [0.5, 0.6) is 0 Å². The van der Waals surface area contributed by atoms with Crippen molar-refractivity contribution in [3.05, 3.63) is 11.6 Å². The van der Waals surface area contributed by atoms with E-state index in [4.69, 9.17) is 10.5 Å². The molecule has 15 heavy (non-hydrogen) atoms. The summed E-state index contributed by atoms with van der Waals surface area (Å²) in [6.45, 7) is 5.94. The molecular weight excluding hydrogens is 186 g/mol. The molecule has 0 bridgehead atoms. The van der Waals surface area contributed by atoms with Gasteiger partial charge in [-0.3, -0.25) is 0 Å². The van der Waals surface area contributed by atoms with Crippen molar-refractivity contribution in [3.8, 4) is 0 Å². The van der Waals surface area contributed by atoms with Gasteiger partial charge in [0.05, 0.1) is 12.7 Å². The monoisotopic (exact) mass is 211 g/mol. The minimum atomic E-state index is 0.259. The van der Waals surface area contributed by atoms with Gasteiger partial charge >= 0.3 is 0 Å². The molecule has 0 aliphatic heterocycles. The minimum Gasteiger partial charge on any atom is -0.373 e. The second kappa shape index (κ2) is 7.02. The molecule has 2 N–H and O–H groups in total. The maximum atomic E-state index is 5.81. The lowest BCUT2D eigenvalue weighted by molar-refractivity contribution is 0.0668. The molecule has 0 amide bonds. The standard InChI is InChI=1S/C13H25NO/c1-3-4-13(9-14)15-10-12-7-5-11(2)6-8-12/h7,11,13H,3-6,8-10,14H2,1-2H3/t11-,13?/m1/s1. The zero-order valence-corrected chi connectivity index (χ0v) is 10.2. The van der Waals surface area contributed by atoms with Crippen LogP contribution in [0.25, 0.3) is 0 Å². The maximum Gasteiger partial charge on any atom is 0.0701 e. The first-order valence-electron chi connectivity index (χ1n) is 6.25. The molecule has 0 heterocycles. The van der Waals surface area contributed by atoms with Gasteiger partial charge in [-0.1, -0.05) is 26.3 Å². The minimum absolute atomic E-state index is 0.259. The quantitative estimate of drug-likeness (QED) is 0.686. The Kier molecular flexibility index (Phi) is 5.96. The first-order valence-corrected chi connectivity index (χ1v) is 6.25. The van der Waals surface area contributed by atoms with Gasteiger partial charge < -0.3 is 10.5 Å². The van der Waals surface area contributed by atoms with Crippen molar-refractivity contribution >= 4 is 0 Å². The number of nitrogens with two attached hydrogens (primary N) is 1. The number of hydrogen-bond acceptors (Lipinski definition) is 2. The summed E-state index contributed by atoms with van der Waals surface area (Å²) in [6.07, 6.45) is 8.60. The molecule has 88 valence electrons. The van der Waals surface area contributed by atoms with Gasteiger partial charge in [0.15, 0.2) is 0 Å². The van der Waals surface area contributed by atoms with Crippen LogP contribution in [0.1, 0.15) is 46.0 Å². The zero-order chi connectivity index (χ0) is 11.1. The van der Waals surface area contributed by atoms with Crippen LogP contribution in [0, 0.1) is 5.92 Å². The highest BCUT2D eigenvalue weighted by atomic mass is 16.5. The molecule has 0 aromatic heterocycles. The highest BCUT2D eigenvalue weighted by Gasteiger charge is 2.12. The Bertz CT molecular complexity index is 201. The number of allylic oxidation sites excluding steroid dienone is 1. The van der Waals surface area contributed by atoms with Gasteiger partial charge in [0.2, 0.25) is 0 Å². The fourth-order valence-corrected chi connectivity index (χ4v) is 1.97. The highest BCUT2D eigenvalue weighted by molar-refractivity contribution is 5.06. The van der Waals surface area contributed by atoms with E-state index in [2.05, 4.69) is 19.9 Å². The van der Waals surface area contributed by atoms with Gasteiger partial charge in [-0.15, -0.1) is 0 Å². The first-order chi connectivity index (χ1) is 7.26. The molecule has 1 aliphatic carbocycles. The average molecular weight is 211 g/mol. The van der Waals surface area contributed by atoms with E-state index in [9.17, 15) is 0 Å². The summed E-state index contributed by atoms with van der Waals surface area (Å²) in [5, 5.41) is 0. The third kappa shape index (κ3) is 4.80. The van der Waals surface area contributed by atoms with Gasteiger partial charge in [0, 0.05) is 6.54 Å². The van der Waals surface area contributed by atoms with Crippen LogP contribution in [-0.2, 0) is 4.74 Å². The summed E-state index contributed by atoms with van der Waals surface area (Å²) in [6, 6.07) is 0. The van der Waals surface area contributed by atoms with Crippen molar-refractivity contribution < 1.29 is 4.74 Å². The summed E-state index contributed by atoms with van der Waals surface area (Å²) in [4.78, 5) is 0. The Morgan fingerprint density at radius 1 is 1.60 bits per heavy atom. The van der Waals surface area contributed by atoms with Gasteiger partial charge in [0.25, 0.3) is 0 Å².